The Balaban J connectivity index is 4.32. The number of aliphatic carboxylic acids is 1. The minimum absolute atomic E-state index is 0.100. The molecule has 1 unspecified atom stereocenters. The van der Waals surface area contributed by atoms with Gasteiger partial charge in [-0.3, -0.25) is 4.79 Å². The zero-order chi connectivity index (χ0) is 16.5. The summed E-state index contributed by atoms with van der Waals surface area (Å²) in [7, 11) is 3.04. The maximum Gasteiger partial charge on any atom is 0.326 e. The minimum atomic E-state index is -1.10. The molecular formula is C13H25N3O5. The summed E-state index contributed by atoms with van der Waals surface area (Å²) < 4.78 is 4.84. The van der Waals surface area contributed by atoms with Crippen LogP contribution in [0.2, 0.25) is 0 Å². The zero-order valence-corrected chi connectivity index (χ0v) is 13.0. The van der Waals surface area contributed by atoms with Gasteiger partial charge in [0.05, 0.1) is 5.41 Å². The van der Waals surface area contributed by atoms with Crippen molar-refractivity contribution < 1.29 is 24.2 Å². The number of carbonyl (C=O) groups is 3. The molecule has 0 radical (unpaired) electrons. The largest absolute Gasteiger partial charge is 0.480 e. The second-order valence-corrected chi connectivity index (χ2v) is 5.32. The summed E-state index contributed by atoms with van der Waals surface area (Å²) in [5.41, 5.74) is -0.777. The Morgan fingerprint density at radius 3 is 2.38 bits per heavy atom. The lowest BCUT2D eigenvalue weighted by Gasteiger charge is -2.23. The van der Waals surface area contributed by atoms with Crippen molar-refractivity contribution in [2.24, 2.45) is 5.41 Å². The molecule has 21 heavy (non-hydrogen) atoms. The van der Waals surface area contributed by atoms with Gasteiger partial charge in [0.1, 0.15) is 6.04 Å². The molecule has 0 rings (SSSR count). The van der Waals surface area contributed by atoms with E-state index in [-0.39, 0.29) is 18.9 Å². The molecule has 0 fully saturated rings. The second kappa shape index (κ2) is 9.17. The highest BCUT2D eigenvalue weighted by atomic mass is 16.5. The maximum atomic E-state index is 11.7. The summed E-state index contributed by atoms with van der Waals surface area (Å²) in [6, 6.07) is -1.60. The van der Waals surface area contributed by atoms with E-state index in [2.05, 4.69) is 16.0 Å². The normalized spacial score (nSPS) is 12.4. The first-order valence-corrected chi connectivity index (χ1v) is 6.73. The standard InChI is InChI=1S/C13H25N3O5/c1-13(2,11(19)14-3)8-15-12(20)16-9(10(17)18)6-5-7-21-4/h9H,5-8H2,1-4H3,(H,14,19)(H,17,18)(H2,15,16,20). The molecule has 8 heteroatoms. The molecule has 8 nitrogen and oxygen atoms in total. The summed E-state index contributed by atoms with van der Waals surface area (Å²) in [6.45, 7) is 3.89. The third-order valence-corrected chi connectivity index (χ3v) is 2.98. The van der Waals surface area contributed by atoms with Crippen LogP contribution in [0.4, 0.5) is 4.79 Å². The highest BCUT2D eigenvalue weighted by Crippen LogP contribution is 2.12. The van der Waals surface area contributed by atoms with Gasteiger partial charge in [-0.2, -0.15) is 0 Å². The number of carboxylic acid groups (broad SMARTS) is 1. The number of hydrogen-bond acceptors (Lipinski definition) is 4. The summed E-state index contributed by atoms with van der Waals surface area (Å²) in [6.07, 6.45) is 0.799. The van der Waals surface area contributed by atoms with Gasteiger partial charge in [-0.25, -0.2) is 9.59 Å². The molecule has 4 N–H and O–H groups in total. The first-order chi connectivity index (χ1) is 9.74. The van der Waals surface area contributed by atoms with Gasteiger partial charge in [-0.1, -0.05) is 0 Å². The van der Waals surface area contributed by atoms with Crippen LogP contribution < -0.4 is 16.0 Å². The lowest BCUT2D eigenvalue weighted by atomic mass is 9.92. The first kappa shape index (κ1) is 19.2. The van der Waals surface area contributed by atoms with Crippen molar-refractivity contribution in [2.45, 2.75) is 32.7 Å². The fourth-order valence-electron chi connectivity index (χ4n) is 1.62. The van der Waals surface area contributed by atoms with Crippen molar-refractivity contribution in [1.29, 1.82) is 0 Å². The van der Waals surface area contributed by atoms with E-state index < -0.39 is 23.5 Å². The van der Waals surface area contributed by atoms with E-state index in [1.54, 1.807) is 13.8 Å². The monoisotopic (exact) mass is 303 g/mol. The van der Waals surface area contributed by atoms with E-state index in [1.165, 1.54) is 14.2 Å². The van der Waals surface area contributed by atoms with E-state index in [0.717, 1.165) is 0 Å². The minimum Gasteiger partial charge on any atom is -0.480 e. The third kappa shape index (κ3) is 7.50. The molecule has 0 aliphatic rings. The maximum absolute atomic E-state index is 11.7. The molecular weight excluding hydrogens is 278 g/mol. The van der Waals surface area contributed by atoms with E-state index in [0.29, 0.717) is 13.0 Å². The van der Waals surface area contributed by atoms with Crippen LogP contribution in [0.5, 0.6) is 0 Å². The van der Waals surface area contributed by atoms with Gasteiger partial charge >= 0.3 is 12.0 Å². The average molecular weight is 303 g/mol. The fourth-order valence-corrected chi connectivity index (χ4v) is 1.62. The van der Waals surface area contributed by atoms with Crippen molar-refractivity contribution in [3.05, 3.63) is 0 Å². The highest BCUT2D eigenvalue weighted by Gasteiger charge is 2.28. The Labute approximate surface area is 124 Å². The van der Waals surface area contributed by atoms with Crippen LogP contribution in [0.3, 0.4) is 0 Å². The number of carboxylic acids is 1. The molecule has 0 aliphatic carbocycles. The molecule has 0 aliphatic heterocycles. The Morgan fingerprint density at radius 2 is 1.90 bits per heavy atom. The smallest absolute Gasteiger partial charge is 0.326 e. The average Bonchev–Trinajstić information content (AvgIpc) is 2.43. The van der Waals surface area contributed by atoms with Crippen LogP contribution in [0.1, 0.15) is 26.7 Å². The van der Waals surface area contributed by atoms with Crippen LogP contribution >= 0.6 is 0 Å². The Kier molecular flexibility index (Phi) is 8.37. The molecule has 0 aromatic carbocycles. The van der Waals surface area contributed by atoms with Crippen LogP contribution in [0.15, 0.2) is 0 Å². The van der Waals surface area contributed by atoms with Crippen LogP contribution in [0.25, 0.3) is 0 Å². The summed E-state index contributed by atoms with van der Waals surface area (Å²) >= 11 is 0. The van der Waals surface area contributed by atoms with Crippen molar-refractivity contribution in [1.82, 2.24) is 16.0 Å². The molecule has 0 saturated heterocycles. The molecule has 0 aromatic rings. The Morgan fingerprint density at radius 1 is 1.29 bits per heavy atom. The zero-order valence-electron chi connectivity index (χ0n) is 13.0. The fraction of sp³-hybridized carbons (Fsp3) is 0.769. The Hall–Kier alpha value is -1.83. The number of hydrogen-bond donors (Lipinski definition) is 4. The lowest BCUT2D eigenvalue weighted by molar-refractivity contribution is -0.139. The number of amides is 3. The second-order valence-electron chi connectivity index (χ2n) is 5.32. The van der Waals surface area contributed by atoms with Gasteiger partial charge in [-0.05, 0) is 26.7 Å². The number of nitrogens with one attached hydrogen (secondary N) is 3. The number of ether oxygens (including phenoxy) is 1. The number of rotatable bonds is 9. The van der Waals surface area contributed by atoms with E-state index >= 15 is 0 Å². The summed E-state index contributed by atoms with van der Waals surface area (Å²) in [5, 5.41) is 16.4. The van der Waals surface area contributed by atoms with Crippen LogP contribution in [-0.2, 0) is 14.3 Å². The van der Waals surface area contributed by atoms with Crippen molar-refractivity contribution >= 4 is 17.9 Å². The quantitative estimate of drug-likeness (QED) is 0.445. The molecule has 0 bridgehead atoms. The molecule has 0 heterocycles. The number of carbonyl (C=O) groups excluding carboxylic acids is 2. The van der Waals surface area contributed by atoms with Crippen molar-refractivity contribution in [3.8, 4) is 0 Å². The predicted octanol–water partition coefficient (Wildman–Crippen LogP) is -0.0624. The lowest BCUT2D eigenvalue weighted by Crippen LogP contribution is -2.50. The molecule has 0 aromatic heterocycles. The van der Waals surface area contributed by atoms with Crippen LogP contribution in [0, 0.1) is 5.41 Å². The SMILES string of the molecule is CNC(=O)C(C)(C)CNC(=O)NC(CCCOC)C(=O)O. The van der Waals surface area contributed by atoms with Crippen molar-refractivity contribution in [2.75, 3.05) is 27.3 Å². The first-order valence-electron chi connectivity index (χ1n) is 6.73. The van der Waals surface area contributed by atoms with Crippen molar-refractivity contribution in [3.63, 3.8) is 0 Å². The van der Waals surface area contributed by atoms with Gasteiger partial charge < -0.3 is 25.8 Å². The van der Waals surface area contributed by atoms with Gasteiger partial charge in [0, 0.05) is 27.3 Å². The Bertz CT molecular complexity index is 371. The number of urea groups is 1. The van der Waals surface area contributed by atoms with Gasteiger partial charge in [0.15, 0.2) is 0 Å². The summed E-state index contributed by atoms with van der Waals surface area (Å²) in [4.78, 5) is 34.3. The summed E-state index contributed by atoms with van der Waals surface area (Å²) in [5.74, 6) is -1.32. The van der Waals surface area contributed by atoms with E-state index in [1.807, 2.05) is 0 Å². The van der Waals surface area contributed by atoms with Gasteiger partial charge in [-0.15, -0.1) is 0 Å². The van der Waals surface area contributed by atoms with Crippen LogP contribution in [-0.4, -0.2) is 56.4 Å². The van der Waals surface area contributed by atoms with Gasteiger partial charge in [0.25, 0.3) is 0 Å². The van der Waals surface area contributed by atoms with Gasteiger partial charge in [0.2, 0.25) is 5.91 Å². The molecule has 122 valence electrons. The highest BCUT2D eigenvalue weighted by molar-refractivity contribution is 5.84. The third-order valence-electron chi connectivity index (χ3n) is 2.98. The molecule has 1 atom stereocenters. The van der Waals surface area contributed by atoms with E-state index in [4.69, 9.17) is 9.84 Å². The molecule has 3 amide bonds. The topological polar surface area (TPSA) is 117 Å². The number of methoxy groups -OCH3 is 1. The molecule has 0 spiro atoms. The molecule has 0 saturated carbocycles. The van der Waals surface area contributed by atoms with E-state index in [9.17, 15) is 14.4 Å². The predicted molar refractivity (Wildman–Crippen MR) is 76.9 cm³/mol.